The Balaban J connectivity index is 2.24. The van der Waals surface area contributed by atoms with E-state index in [0.29, 0.717) is 6.61 Å². The van der Waals surface area contributed by atoms with Crippen LogP contribution in [0.5, 0.6) is 5.75 Å². The summed E-state index contributed by atoms with van der Waals surface area (Å²) >= 11 is -1.27. The summed E-state index contributed by atoms with van der Waals surface area (Å²) in [7, 11) is 1.61. The number of carbonyl (C=O) groups excluding carboxylic acids is 1. The highest BCUT2D eigenvalue weighted by Gasteiger charge is 2.64. The van der Waals surface area contributed by atoms with Crippen molar-refractivity contribution in [3.8, 4) is 5.75 Å². The van der Waals surface area contributed by atoms with Gasteiger partial charge in [-0.15, -0.1) is 4.31 Å². The zero-order valence-electron chi connectivity index (χ0n) is 13.7. The third-order valence-corrected chi connectivity index (χ3v) is 5.34. The molecule has 1 unspecified atom stereocenters. The van der Waals surface area contributed by atoms with Crippen LogP contribution < -0.4 is 4.74 Å². The molecule has 6 heteroatoms. The van der Waals surface area contributed by atoms with Gasteiger partial charge in [0.2, 0.25) is 0 Å². The Morgan fingerprint density at radius 1 is 1.32 bits per heavy atom. The van der Waals surface area contributed by atoms with Gasteiger partial charge in [-0.05, 0) is 45.4 Å². The molecular weight excluding hydrogens is 302 g/mol. The molecule has 1 saturated heterocycles. The lowest BCUT2D eigenvalue weighted by atomic mass is 10.1. The molecule has 0 aliphatic carbocycles. The third kappa shape index (κ3) is 3.39. The molecule has 22 heavy (non-hydrogen) atoms. The van der Waals surface area contributed by atoms with Crippen LogP contribution in [0.15, 0.2) is 24.3 Å². The van der Waals surface area contributed by atoms with Gasteiger partial charge >= 0.3 is 5.97 Å². The highest BCUT2D eigenvalue weighted by molar-refractivity contribution is 7.90. The van der Waals surface area contributed by atoms with Gasteiger partial charge in [0.05, 0.1) is 13.7 Å². The molecule has 5 nitrogen and oxygen atoms in total. The molecule has 0 N–H and O–H groups in total. The first-order chi connectivity index (χ1) is 10.3. The van der Waals surface area contributed by atoms with Crippen molar-refractivity contribution in [2.45, 2.75) is 44.5 Å². The monoisotopic (exact) mass is 325 g/mol. The van der Waals surface area contributed by atoms with Crippen molar-refractivity contribution in [2.24, 2.45) is 0 Å². The molecular formula is C16H23NO4S. The molecule has 0 spiro atoms. The maximum absolute atomic E-state index is 12.7. The van der Waals surface area contributed by atoms with E-state index < -0.39 is 22.2 Å². The van der Waals surface area contributed by atoms with Crippen LogP contribution in [0.3, 0.4) is 0 Å². The van der Waals surface area contributed by atoms with E-state index in [1.54, 1.807) is 18.3 Å². The Morgan fingerprint density at radius 3 is 2.36 bits per heavy atom. The predicted molar refractivity (Wildman–Crippen MR) is 85.9 cm³/mol. The molecule has 4 atom stereocenters. The van der Waals surface area contributed by atoms with Crippen LogP contribution in [0.2, 0.25) is 0 Å². The van der Waals surface area contributed by atoms with Gasteiger partial charge in [0.15, 0.2) is 6.04 Å². The van der Waals surface area contributed by atoms with Crippen molar-refractivity contribution >= 4 is 17.3 Å². The molecule has 2 rings (SSSR count). The summed E-state index contributed by atoms with van der Waals surface area (Å²) in [4.78, 5) is 12.1. The molecule has 1 aromatic carbocycles. The molecule has 1 fully saturated rings. The minimum atomic E-state index is -1.27. The van der Waals surface area contributed by atoms with Gasteiger partial charge in [0.1, 0.15) is 16.5 Å². The summed E-state index contributed by atoms with van der Waals surface area (Å²) in [5, 5.41) is 0. The number of methoxy groups -OCH3 is 1. The molecule has 0 aromatic heterocycles. The Labute approximate surface area is 134 Å². The quantitative estimate of drug-likeness (QED) is 0.473. The van der Waals surface area contributed by atoms with Crippen molar-refractivity contribution in [1.82, 2.24) is 4.31 Å². The van der Waals surface area contributed by atoms with Gasteiger partial charge in [-0.25, -0.2) is 0 Å². The van der Waals surface area contributed by atoms with Crippen LogP contribution in [0.4, 0.5) is 0 Å². The number of benzene rings is 1. The summed E-state index contributed by atoms with van der Waals surface area (Å²) in [5.74, 6) is 0.432. The van der Waals surface area contributed by atoms with Crippen LogP contribution in [-0.2, 0) is 20.9 Å². The normalized spacial score (nSPS) is 25.5. The molecule has 0 bridgehead atoms. The lowest BCUT2D eigenvalue weighted by Gasteiger charge is -2.24. The molecule has 0 amide bonds. The smallest absolute Gasteiger partial charge is 0.330 e. The molecule has 1 heterocycles. The van der Waals surface area contributed by atoms with Gasteiger partial charge in [-0.1, -0.05) is 12.1 Å². The van der Waals surface area contributed by atoms with Crippen molar-refractivity contribution in [3.05, 3.63) is 29.8 Å². The summed E-state index contributed by atoms with van der Waals surface area (Å²) < 4.78 is 24.2. The van der Waals surface area contributed by atoms with Gasteiger partial charge in [0, 0.05) is 11.4 Å². The highest BCUT2D eigenvalue weighted by Crippen LogP contribution is 2.49. The molecule has 0 radical (unpaired) electrons. The second kappa shape index (κ2) is 6.48. The molecule has 1 aliphatic rings. The minimum Gasteiger partial charge on any atom is -0.597 e. The van der Waals surface area contributed by atoms with Gasteiger partial charge in [-0.2, -0.15) is 0 Å². The lowest BCUT2D eigenvalue weighted by molar-refractivity contribution is -0.143. The van der Waals surface area contributed by atoms with E-state index in [0.717, 1.165) is 11.3 Å². The fourth-order valence-electron chi connectivity index (χ4n) is 2.32. The standard InChI is InChI=1S/C16H23NO4S/c1-6-21-15(18)14-13(17(14)22(19)16(2,3)4)11-7-9-12(20-5)10-8-11/h7-10,13-14H,6H2,1-5H3/t13-,14-,17?,22-/m0/s1. The Morgan fingerprint density at radius 2 is 1.91 bits per heavy atom. The van der Waals surface area contributed by atoms with Crippen molar-refractivity contribution < 1.29 is 18.8 Å². The van der Waals surface area contributed by atoms with Crippen molar-refractivity contribution in [3.63, 3.8) is 0 Å². The average Bonchev–Trinajstić information content (AvgIpc) is 3.21. The number of nitrogens with zero attached hydrogens (tertiary/aromatic N) is 1. The van der Waals surface area contributed by atoms with E-state index in [-0.39, 0.29) is 12.0 Å². The van der Waals surface area contributed by atoms with E-state index >= 15 is 0 Å². The fraction of sp³-hybridized carbons (Fsp3) is 0.562. The number of carbonyl (C=O) groups is 1. The number of esters is 1. The van der Waals surface area contributed by atoms with E-state index in [4.69, 9.17) is 9.47 Å². The van der Waals surface area contributed by atoms with Crippen LogP contribution in [0, 0.1) is 0 Å². The Hall–Kier alpha value is -1.24. The summed E-state index contributed by atoms with van der Waals surface area (Å²) in [6.07, 6.45) is 0. The van der Waals surface area contributed by atoms with E-state index in [9.17, 15) is 9.35 Å². The van der Waals surface area contributed by atoms with Crippen LogP contribution in [0.25, 0.3) is 0 Å². The molecule has 1 aliphatic heterocycles. The highest BCUT2D eigenvalue weighted by atomic mass is 32.2. The summed E-state index contributed by atoms with van der Waals surface area (Å²) in [6, 6.07) is 6.80. The van der Waals surface area contributed by atoms with Crippen molar-refractivity contribution in [2.75, 3.05) is 13.7 Å². The van der Waals surface area contributed by atoms with E-state index in [2.05, 4.69) is 0 Å². The van der Waals surface area contributed by atoms with E-state index in [1.165, 1.54) is 0 Å². The SMILES string of the molecule is CCOC(=O)[C@@H]1[C@H](c2ccc(OC)cc2)N1[S@@+]([O-])C(C)(C)C. The maximum atomic E-state index is 12.7. The van der Waals surface area contributed by atoms with Gasteiger partial charge < -0.3 is 14.0 Å². The first-order valence-corrected chi connectivity index (χ1v) is 8.42. The van der Waals surface area contributed by atoms with E-state index in [1.807, 2.05) is 45.0 Å². The number of hydrogen-bond donors (Lipinski definition) is 0. The van der Waals surface area contributed by atoms with Crippen LogP contribution >= 0.6 is 0 Å². The second-order valence-electron chi connectivity index (χ2n) is 6.14. The van der Waals surface area contributed by atoms with Crippen LogP contribution in [0.1, 0.15) is 39.3 Å². The third-order valence-electron chi connectivity index (χ3n) is 3.46. The first-order valence-electron chi connectivity index (χ1n) is 7.32. The molecule has 0 saturated carbocycles. The summed E-state index contributed by atoms with van der Waals surface area (Å²) in [5.41, 5.74) is 0.941. The number of rotatable bonds is 5. The largest absolute Gasteiger partial charge is 0.597 e. The topological polar surface area (TPSA) is 61.6 Å². The molecule has 122 valence electrons. The van der Waals surface area contributed by atoms with Gasteiger partial charge in [0.25, 0.3) is 0 Å². The van der Waals surface area contributed by atoms with Crippen LogP contribution in [-0.4, -0.2) is 39.3 Å². The fourth-order valence-corrected chi connectivity index (χ4v) is 3.75. The molecule has 1 aromatic rings. The Kier molecular flexibility index (Phi) is 5.04. The summed E-state index contributed by atoms with van der Waals surface area (Å²) in [6.45, 7) is 7.78. The second-order valence-corrected chi connectivity index (χ2v) is 8.28. The Bertz CT molecular complexity index is 526. The zero-order valence-corrected chi connectivity index (χ0v) is 14.5. The minimum absolute atomic E-state index is 0.204. The van der Waals surface area contributed by atoms with Crippen molar-refractivity contribution in [1.29, 1.82) is 0 Å². The predicted octanol–water partition coefficient (Wildman–Crippen LogP) is 2.45. The number of hydrogen-bond acceptors (Lipinski definition) is 5. The maximum Gasteiger partial charge on any atom is 0.330 e. The average molecular weight is 325 g/mol. The first kappa shape index (κ1) is 17.1. The number of ether oxygens (including phenoxy) is 2. The lowest BCUT2D eigenvalue weighted by Crippen LogP contribution is -2.35. The zero-order chi connectivity index (χ0) is 16.5. The van der Waals surface area contributed by atoms with Gasteiger partial charge in [-0.3, -0.25) is 4.79 Å².